The van der Waals surface area contributed by atoms with Crippen molar-refractivity contribution in [2.75, 3.05) is 5.32 Å². The number of para-hydroxylation sites is 1. The van der Waals surface area contributed by atoms with E-state index < -0.39 is 12.0 Å². The summed E-state index contributed by atoms with van der Waals surface area (Å²) in [7, 11) is 0. The van der Waals surface area contributed by atoms with Gasteiger partial charge < -0.3 is 10.4 Å². The van der Waals surface area contributed by atoms with Gasteiger partial charge in [-0.05, 0) is 59.9 Å². The Morgan fingerprint density at radius 3 is 2.28 bits per heavy atom. The van der Waals surface area contributed by atoms with Crippen LogP contribution in [-0.2, 0) is 4.79 Å². The van der Waals surface area contributed by atoms with E-state index in [2.05, 4.69) is 24.2 Å². The lowest BCUT2D eigenvalue weighted by Crippen LogP contribution is -2.40. The molecule has 2 heterocycles. The Balaban J connectivity index is 1.65. The minimum atomic E-state index is -1.01. The molecule has 0 aliphatic carbocycles. The van der Waals surface area contributed by atoms with Gasteiger partial charge in [-0.3, -0.25) is 14.2 Å². The predicted molar refractivity (Wildman–Crippen MR) is 153 cm³/mol. The van der Waals surface area contributed by atoms with E-state index in [1.165, 1.54) is 23.5 Å². The van der Waals surface area contributed by atoms with Crippen molar-refractivity contribution in [3.05, 3.63) is 132 Å². The number of nitrogens with one attached hydrogen (secondary N) is 1. The zero-order chi connectivity index (χ0) is 27.7. The van der Waals surface area contributed by atoms with Gasteiger partial charge in [0, 0.05) is 5.69 Å². The molecule has 4 aromatic rings. The Hall–Kier alpha value is -4.56. The van der Waals surface area contributed by atoms with Crippen LogP contribution in [0, 0.1) is 0 Å². The molecule has 0 unspecified atom stereocenters. The number of hydrogen-bond acceptors (Lipinski definition) is 5. The van der Waals surface area contributed by atoms with Gasteiger partial charge in [-0.2, -0.15) is 0 Å². The standard InChI is InChI=1S/C31H27N3O4S/c1-18(2)21-13-15-22(16-14-21)27-26(28(35)33-24-7-5-4-6-8-24)19(3)32-31-34(27)29(36)25(39-31)17-20-9-11-23(12-10-20)30(37)38/h4-18,27H,1-3H3,(H,33,35)(H,37,38)/b25-17-/t27-/m0/s1. The van der Waals surface area contributed by atoms with Crippen LogP contribution in [0.1, 0.15) is 59.8 Å². The summed E-state index contributed by atoms with van der Waals surface area (Å²) in [5.74, 6) is -0.994. The van der Waals surface area contributed by atoms with Gasteiger partial charge >= 0.3 is 5.97 Å². The summed E-state index contributed by atoms with van der Waals surface area (Å²) in [6.45, 7) is 6.02. The third-order valence-electron chi connectivity index (χ3n) is 6.67. The fraction of sp³-hybridized carbons (Fsp3) is 0.161. The molecule has 1 aliphatic heterocycles. The second kappa shape index (κ2) is 10.7. The van der Waals surface area contributed by atoms with Gasteiger partial charge in [-0.1, -0.05) is 79.8 Å². The predicted octanol–water partition coefficient (Wildman–Crippen LogP) is 4.70. The first-order valence-corrected chi connectivity index (χ1v) is 13.4. The second-order valence-electron chi connectivity index (χ2n) is 9.65. The van der Waals surface area contributed by atoms with E-state index in [-0.39, 0.29) is 17.0 Å². The highest BCUT2D eigenvalue weighted by Gasteiger charge is 2.32. The van der Waals surface area contributed by atoms with Gasteiger partial charge in [0.1, 0.15) is 0 Å². The van der Waals surface area contributed by atoms with Crippen molar-refractivity contribution in [1.82, 2.24) is 4.57 Å². The van der Waals surface area contributed by atoms with Crippen molar-refractivity contribution in [1.29, 1.82) is 0 Å². The Labute approximate surface area is 229 Å². The number of hydrogen-bond donors (Lipinski definition) is 2. The van der Waals surface area contributed by atoms with E-state index in [0.717, 1.165) is 11.1 Å². The first-order chi connectivity index (χ1) is 18.7. The first-order valence-electron chi connectivity index (χ1n) is 12.5. The number of carbonyl (C=O) groups is 2. The zero-order valence-corrected chi connectivity index (χ0v) is 22.5. The largest absolute Gasteiger partial charge is 0.478 e. The maximum absolute atomic E-state index is 13.8. The number of carboxylic acids is 1. The highest BCUT2D eigenvalue weighted by Crippen LogP contribution is 2.31. The van der Waals surface area contributed by atoms with E-state index in [4.69, 9.17) is 0 Å². The fourth-order valence-corrected chi connectivity index (χ4v) is 5.63. The Kier molecular flexibility index (Phi) is 7.13. The maximum Gasteiger partial charge on any atom is 0.335 e. The number of carbonyl (C=O) groups excluding carboxylic acids is 1. The highest BCUT2D eigenvalue weighted by molar-refractivity contribution is 7.07. The van der Waals surface area contributed by atoms with Crippen LogP contribution in [-0.4, -0.2) is 21.6 Å². The number of amides is 1. The Morgan fingerprint density at radius 1 is 1.00 bits per heavy atom. The van der Waals surface area contributed by atoms with Crippen LogP contribution in [0.2, 0.25) is 0 Å². The molecule has 1 aromatic heterocycles. The van der Waals surface area contributed by atoms with Crippen molar-refractivity contribution in [3.63, 3.8) is 0 Å². The van der Waals surface area contributed by atoms with E-state index >= 15 is 0 Å². The lowest BCUT2D eigenvalue weighted by molar-refractivity contribution is -0.113. The zero-order valence-electron chi connectivity index (χ0n) is 21.7. The molecule has 0 bridgehead atoms. The van der Waals surface area contributed by atoms with Gasteiger partial charge in [-0.25, -0.2) is 9.79 Å². The molecule has 5 rings (SSSR count). The Morgan fingerprint density at radius 2 is 1.67 bits per heavy atom. The van der Waals surface area contributed by atoms with Gasteiger partial charge in [0.25, 0.3) is 11.5 Å². The maximum atomic E-state index is 13.8. The van der Waals surface area contributed by atoms with E-state index in [1.807, 2.05) is 54.6 Å². The van der Waals surface area contributed by atoms with Crippen molar-refractivity contribution < 1.29 is 14.7 Å². The first kappa shape index (κ1) is 26.1. The van der Waals surface area contributed by atoms with Gasteiger partial charge in [0.05, 0.1) is 27.4 Å². The molecule has 0 saturated carbocycles. The molecular formula is C31H27N3O4S. The van der Waals surface area contributed by atoms with Crippen LogP contribution in [0.5, 0.6) is 0 Å². The minimum Gasteiger partial charge on any atom is -0.478 e. The smallest absolute Gasteiger partial charge is 0.335 e. The molecule has 8 heteroatoms. The molecule has 196 valence electrons. The van der Waals surface area contributed by atoms with Crippen LogP contribution >= 0.6 is 11.3 Å². The van der Waals surface area contributed by atoms with Gasteiger partial charge in [0.2, 0.25) is 0 Å². The number of aromatic carboxylic acids is 1. The lowest BCUT2D eigenvalue weighted by atomic mass is 9.93. The molecule has 0 fully saturated rings. The number of nitrogens with zero attached hydrogens (tertiary/aromatic N) is 2. The molecule has 0 radical (unpaired) electrons. The topological polar surface area (TPSA) is 101 Å². The van der Waals surface area contributed by atoms with Gasteiger partial charge in [0.15, 0.2) is 4.80 Å². The van der Waals surface area contributed by atoms with E-state index in [1.54, 1.807) is 29.7 Å². The fourth-order valence-electron chi connectivity index (χ4n) is 4.58. The number of rotatable bonds is 6. The molecule has 2 N–H and O–H groups in total. The third-order valence-corrected chi connectivity index (χ3v) is 7.66. The average molecular weight is 538 g/mol. The molecular weight excluding hydrogens is 510 g/mol. The number of thiazole rings is 1. The molecule has 39 heavy (non-hydrogen) atoms. The molecule has 7 nitrogen and oxygen atoms in total. The number of carboxylic acid groups (broad SMARTS) is 1. The summed E-state index contributed by atoms with van der Waals surface area (Å²) in [5, 5.41) is 12.1. The summed E-state index contributed by atoms with van der Waals surface area (Å²) in [6, 6.07) is 22.8. The van der Waals surface area contributed by atoms with Crippen LogP contribution < -0.4 is 20.2 Å². The van der Waals surface area contributed by atoms with Crippen molar-refractivity contribution >= 4 is 35.0 Å². The highest BCUT2D eigenvalue weighted by atomic mass is 32.1. The van der Waals surface area contributed by atoms with Gasteiger partial charge in [-0.15, -0.1) is 0 Å². The Bertz CT molecular complexity index is 1760. The molecule has 3 aromatic carbocycles. The normalized spacial score (nSPS) is 15.2. The van der Waals surface area contributed by atoms with E-state index in [9.17, 15) is 19.5 Å². The molecule has 1 aliphatic rings. The number of fused-ring (bicyclic) bond motifs is 1. The van der Waals surface area contributed by atoms with E-state index in [0.29, 0.717) is 37.8 Å². The number of allylic oxidation sites excluding steroid dienone is 1. The lowest BCUT2D eigenvalue weighted by Gasteiger charge is -2.25. The number of aromatic nitrogens is 1. The van der Waals surface area contributed by atoms with Crippen LogP contribution in [0.3, 0.4) is 0 Å². The van der Waals surface area contributed by atoms with Crippen molar-refractivity contribution in [2.45, 2.75) is 32.7 Å². The minimum absolute atomic E-state index is 0.170. The monoisotopic (exact) mass is 537 g/mol. The summed E-state index contributed by atoms with van der Waals surface area (Å²) in [5.41, 5.74) is 4.16. The summed E-state index contributed by atoms with van der Waals surface area (Å²) < 4.78 is 2.03. The van der Waals surface area contributed by atoms with Crippen molar-refractivity contribution in [2.24, 2.45) is 4.99 Å². The van der Waals surface area contributed by atoms with Crippen molar-refractivity contribution in [3.8, 4) is 0 Å². The number of benzene rings is 3. The summed E-state index contributed by atoms with van der Waals surface area (Å²) in [6.07, 6.45) is 1.72. The van der Waals surface area contributed by atoms with Crippen LogP contribution in [0.4, 0.5) is 5.69 Å². The SMILES string of the molecule is CC1=C(C(=O)Nc2ccccc2)[C@H](c2ccc(C(C)C)cc2)n2c(s/c(=C\c3ccc(C(=O)O)cc3)c2=O)=N1. The summed E-state index contributed by atoms with van der Waals surface area (Å²) >= 11 is 1.24. The quantitative estimate of drug-likeness (QED) is 0.373. The third kappa shape index (κ3) is 5.24. The molecule has 0 saturated heterocycles. The average Bonchev–Trinajstić information content (AvgIpc) is 3.22. The second-order valence-corrected chi connectivity index (χ2v) is 10.7. The summed E-state index contributed by atoms with van der Waals surface area (Å²) in [4.78, 5) is 43.8. The number of anilines is 1. The molecule has 1 amide bonds. The van der Waals surface area contributed by atoms with Crippen LogP contribution in [0.15, 0.2) is 99.9 Å². The molecule has 0 spiro atoms. The molecule has 1 atom stereocenters. The van der Waals surface area contributed by atoms with Crippen LogP contribution in [0.25, 0.3) is 6.08 Å².